The van der Waals surface area contributed by atoms with Gasteiger partial charge in [-0.1, -0.05) is 67.6 Å². The molecule has 0 atom stereocenters. The molecule has 0 aliphatic heterocycles. The standard InChI is InChI=1S/C22H25N3OS.ClH/c1-3-24(4-2)16-17-25(21(26)15-14-18-10-6-5-7-11-18)22-23-19-12-8-9-13-20(19)27-22;/h5-15H,3-4,16-17H2,1-2H3;1H. The number of thiazole rings is 1. The van der Waals surface area contributed by atoms with E-state index in [4.69, 9.17) is 0 Å². The van der Waals surface area contributed by atoms with Crippen LogP contribution in [0.25, 0.3) is 16.3 Å². The summed E-state index contributed by atoms with van der Waals surface area (Å²) in [5.41, 5.74) is 1.95. The van der Waals surface area contributed by atoms with Crippen molar-refractivity contribution in [1.82, 2.24) is 9.88 Å². The van der Waals surface area contributed by atoms with E-state index < -0.39 is 0 Å². The van der Waals surface area contributed by atoms with Crippen molar-refractivity contribution >= 4 is 51.1 Å². The Bertz CT molecular complexity index is 873. The van der Waals surface area contributed by atoms with E-state index in [2.05, 4.69) is 23.7 Å². The summed E-state index contributed by atoms with van der Waals surface area (Å²) in [5.74, 6) is -0.0370. The van der Waals surface area contributed by atoms with Crippen molar-refractivity contribution in [2.75, 3.05) is 31.1 Å². The Kier molecular flexibility index (Phi) is 8.64. The molecule has 0 fully saturated rings. The van der Waals surface area contributed by atoms with Crippen molar-refractivity contribution in [1.29, 1.82) is 0 Å². The third-order valence-corrected chi connectivity index (χ3v) is 5.59. The molecule has 0 bridgehead atoms. The van der Waals surface area contributed by atoms with Gasteiger partial charge in [-0.2, -0.15) is 0 Å². The fourth-order valence-corrected chi connectivity index (χ4v) is 3.88. The number of benzene rings is 2. The van der Waals surface area contributed by atoms with Gasteiger partial charge in [0.2, 0.25) is 0 Å². The zero-order chi connectivity index (χ0) is 19.1. The van der Waals surface area contributed by atoms with Crippen molar-refractivity contribution in [3.63, 3.8) is 0 Å². The number of amides is 1. The zero-order valence-electron chi connectivity index (χ0n) is 16.2. The molecule has 4 nitrogen and oxygen atoms in total. The lowest BCUT2D eigenvalue weighted by Gasteiger charge is -2.23. The lowest BCUT2D eigenvalue weighted by atomic mass is 10.2. The van der Waals surface area contributed by atoms with Gasteiger partial charge in [0, 0.05) is 19.2 Å². The zero-order valence-corrected chi connectivity index (χ0v) is 17.9. The summed E-state index contributed by atoms with van der Waals surface area (Å²) in [6.07, 6.45) is 3.50. The van der Waals surface area contributed by atoms with Gasteiger partial charge in [0.05, 0.1) is 10.2 Å². The van der Waals surface area contributed by atoms with Crippen LogP contribution in [0.2, 0.25) is 0 Å². The SMILES string of the molecule is CCN(CC)CCN(C(=O)C=Cc1ccccc1)c1nc2ccccc2s1.Cl. The first-order chi connectivity index (χ1) is 13.2. The highest BCUT2D eigenvalue weighted by Crippen LogP contribution is 2.28. The Hall–Kier alpha value is -2.21. The van der Waals surface area contributed by atoms with Crippen molar-refractivity contribution in [2.24, 2.45) is 0 Å². The molecule has 0 saturated carbocycles. The van der Waals surface area contributed by atoms with E-state index in [1.165, 1.54) is 0 Å². The van der Waals surface area contributed by atoms with Crippen LogP contribution in [0.4, 0.5) is 5.13 Å². The Morgan fingerprint density at radius 3 is 2.36 bits per heavy atom. The summed E-state index contributed by atoms with van der Waals surface area (Å²) < 4.78 is 1.10. The van der Waals surface area contributed by atoms with Crippen LogP contribution in [0.15, 0.2) is 60.7 Å². The first-order valence-corrected chi connectivity index (χ1v) is 10.2. The second-order valence-electron chi connectivity index (χ2n) is 6.22. The summed E-state index contributed by atoms with van der Waals surface area (Å²) in [6, 6.07) is 17.9. The predicted molar refractivity (Wildman–Crippen MR) is 122 cm³/mol. The number of para-hydroxylation sites is 1. The Morgan fingerprint density at radius 1 is 1.00 bits per heavy atom. The van der Waals surface area contributed by atoms with Crippen molar-refractivity contribution in [3.05, 3.63) is 66.2 Å². The molecule has 0 saturated heterocycles. The van der Waals surface area contributed by atoms with Gasteiger partial charge in [-0.3, -0.25) is 9.69 Å². The van der Waals surface area contributed by atoms with Gasteiger partial charge in [-0.05, 0) is 36.9 Å². The van der Waals surface area contributed by atoms with Crippen LogP contribution >= 0.6 is 23.7 Å². The van der Waals surface area contributed by atoms with Gasteiger partial charge >= 0.3 is 0 Å². The number of halogens is 1. The van der Waals surface area contributed by atoms with Crippen molar-refractivity contribution < 1.29 is 4.79 Å². The van der Waals surface area contributed by atoms with E-state index in [-0.39, 0.29) is 18.3 Å². The summed E-state index contributed by atoms with van der Waals surface area (Å²) in [4.78, 5) is 21.8. The largest absolute Gasteiger partial charge is 0.302 e. The highest BCUT2D eigenvalue weighted by molar-refractivity contribution is 7.22. The molecule has 0 spiro atoms. The molecule has 6 heteroatoms. The second-order valence-corrected chi connectivity index (χ2v) is 7.23. The average Bonchev–Trinajstić information content (AvgIpc) is 3.14. The fraction of sp³-hybridized carbons (Fsp3) is 0.273. The molecule has 0 radical (unpaired) electrons. The van der Waals surface area contributed by atoms with Gasteiger partial charge in [-0.25, -0.2) is 4.98 Å². The minimum absolute atomic E-state index is 0. The minimum atomic E-state index is -0.0370. The molecule has 0 aliphatic carbocycles. The van der Waals surface area contributed by atoms with E-state index in [9.17, 15) is 4.79 Å². The normalized spacial score (nSPS) is 11.1. The van der Waals surface area contributed by atoms with E-state index in [1.807, 2.05) is 60.7 Å². The fourth-order valence-electron chi connectivity index (χ4n) is 2.88. The average molecular weight is 416 g/mol. The molecular formula is C22H26ClN3OS. The molecule has 0 N–H and O–H groups in total. The molecular weight excluding hydrogens is 390 g/mol. The quantitative estimate of drug-likeness (QED) is 0.480. The molecule has 1 amide bonds. The van der Waals surface area contributed by atoms with Gasteiger partial charge in [0.25, 0.3) is 5.91 Å². The molecule has 0 unspecified atom stereocenters. The van der Waals surface area contributed by atoms with E-state index in [1.54, 1.807) is 22.3 Å². The molecule has 3 aromatic rings. The maximum Gasteiger partial charge on any atom is 0.252 e. The predicted octanol–water partition coefficient (Wildman–Crippen LogP) is 5.11. The number of likely N-dealkylation sites (N-methyl/N-ethyl adjacent to an activating group) is 1. The number of anilines is 1. The van der Waals surface area contributed by atoms with E-state index in [0.717, 1.165) is 40.5 Å². The summed E-state index contributed by atoms with van der Waals surface area (Å²) >= 11 is 1.56. The number of carbonyl (C=O) groups is 1. The topological polar surface area (TPSA) is 36.4 Å². The molecule has 28 heavy (non-hydrogen) atoms. The van der Waals surface area contributed by atoms with Gasteiger partial charge < -0.3 is 4.90 Å². The van der Waals surface area contributed by atoms with Gasteiger partial charge in [0.15, 0.2) is 5.13 Å². The maximum absolute atomic E-state index is 13.0. The Balaban J connectivity index is 0.00000280. The molecule has 0 aliphatic rings. The van der Waals surface area contributed by atoms with Crippen LogP contribution in [0.1, 0.15) is 19.4 Å². The molecule has 3 rings (SSSR count). The number of rotatable bonds is 8. The monoisotopic (exact) mass is 415 g/mol. The Labute approximate surface area is 176 Å². The van der Waals surface area contributed by atoms with Crippen LogP contribution in [0, 0.1) is 0 Å². The van der Waals surface area contributed by atoms with Crippen LogP contribution < -0.4 is 4.90 Å². The third-order valence-electron chi connectivity index (χ3n) is 4.53. The highest BCUT2D eigenvalue weighted by atomic mass is 35.5. The Morgan fingerprint density at radius 2 is 1.68 bits per heavy atom. The van der Waals surface area contributed by atoms with Crippen molar-refractivity contribution in [2.45, 2.75) is 13.8 Å². The molecule has 1 heterocycles. The number of carbonyl (C=O) groups excluding carboxylic acids is 1. The lowest BCUT2D eigenvalue weighted by molar-refractivity contribution is -0.114. The second kappa shape index (κ2) is 11.0. The van der Waals surface area contributed by atoms with Gasteiger partial charge in [0.1, 0.15) is 0 Å². The summed E-state index contributed by atoms with van der Waals surface area (Å²) in [5, 5.41) is 0.756. The first-order valence-electron chi connectivity index (χ1n) is 9.33. The highest BCUT2D eigenvalue weighted by Gasteiger charge is 2.18. The maximum atomic E-state index is 13.0. The molecule has 148 valence electrons. The summed E-state index contributed by atoms with van der Waals surface area (Å²) in [7, 11) is 0. The summed E-state index contributed by atoms with van der Waals surface area (Å²) in [6.45, 7) is 7.68. The molecule has 2 aromatic carbocycles. The lowest BCUT2D eigenvalue weighted by Crippen LogP contribution is -2.38. The van der Waals surface area contributed by atoms with Crippen LogP contribution in [-0.2, 0) is 4.79 Å². The van der Waals surface area contributed by atoms with Crippen molar-refractivity contribution in [3.8, 4) is 0 Å². The number of nitrogens with zero attached hydrogens (tertiary/aromatic N) is 3. The first kappa shape index (κ1) is 22.1. The smallest absolute Gasteiger partial charge is 0.252 e. The molecule has 1 aromatic heterocycles. The number of fused-ring (bicyclic) bond motifs is 1. The van der Waals surface area contributed by atoms with E-state index >= 15 is 0 Å². The van der Waals surface area contributed by atoms with Crippen LogP contribution in [0.3, 0.4) is 0 Å². The number of hydrogen-bond donors (Lipinski definition) is 0. The number of aromatic nitrogens is 1. The van der Waals surface area contributed by atoms with E-state index in [0.29, 0.717) is 6.54 Å². The van der Waals surface area contributed by atoms with Crippen LogP contribution in [-0.4, -0.2) is 42.0 Å². The minimum Gasteiger partial charge on any atom is -0.302 e. The third kappa shape index (κ3) is 5.64. The van der Waals surface area contributed by atoms with Gasteiger partial charge in [-0.15, -0.1) is 12.4 Å². The van der Waals surface area contributed by atoms with Crippen LogP contribution in [0.5, 0.6) is 0 Å². The number of hydrogen-bond acceptors (Lipinski definition) is 4.